The zero-order chi connectivity index (χ0) is 18.2. The van der Waals surface area contributed by atoms with Crippen molar-refractivity contribution < 1.29 is 13.9 Å². The summed E-state index contributed by atoms with van der Waals surface area (Å²) in [4.78, 5) is 12.1. The van der Waals surface area contributed by atoms with Crippen molar-refractivity contribution in [2.45, 2.75) is 20.0 Å². The van der Waals surface area contributed by atoms with Gasteiger partial charge >= 0.3 is 0 Å². The van der Waals surface area contributed by atoms with E-state index in [9.17, 15) is 4.79 Å². The third-order valence-electron chi connectivity index (χ3n) is 3.86. The maximum absolute atomic E-state index is 12.1. The molecule has 0 fully saturated rings. The third-order valence-corrected chi connectivity index (χ3v) is 3.86. The molecule has 0 saturated heterocycles. The molecule has 0 aliphatic rings. The van der Waals surface area contributed by atoms with Gasteiger partial charge in [-0.15, -0.1) is 0 Å². The van der Waals surface area contributed by atoms with Crippen LogP contribution in [0, 0.1) is 6.92 Å². The molecule has 1 amide bonds. The van der Waals surface area contributed by atoms with Gasteiger partial charge in [-0.05, 0) is 37.3 Å². The average Bonchev–Trinajstić information content (AvgIpc) is 3.16. The summed E-state index contributed by atoms with van der Waals surface area (Å²) in [6.45, 7) is 3.22. The van der Waals surface area contributed by atoms with Crippen molar-refractivity contribution in [3.63, 3.8) is 0 Å². The maximum atomic E-state index is 12.1. The molecule has 3 rings (SSSR count). The second-order valence-corrected chi connectivity index (χ2v) is 5.99. The molecule has 2 N–H and O–H groups in total. The molecular formula is C21H22N2O3. The Labute approximate surface area is 153 Å². The van der Waals surface area contributed by atoms with Gasteiger partial charge in [0, 0.05) is 17.8 Å². The van der Waals surface area contributed by atoms with E-state index in [0.717, 1.165) is 22.6 Å². The Morgan fingerprint density at radius 1 is 1.00 bits per heavy atom. The summed E-state index contributed by atoms with van der Waals surface area (Å²) in [6.07, 6.45) is 1.65. The van der Waals surface area contributed by atoms with Crippen molar-refractivity contribution in [1.82, 2.24) is 5.32 Å². The fraction of sp³-hybridized carbons (Fsp3) is 0.190. The minimum absolute atomic E-state index is 0.0386. The average molecular weight is 350 g/mol. The number of aryl methyl sites for hydroxylation is 1. The molecule has 26 heavy (non-hydrogen) atoms. The predicted octanol–water partition coefficient (Wildman–Crippen LogP) is 3.90. The molecule has 2 aromatic carbocycles. The standard InChI is InChI=1S/C21H22N2O3/c1-16-8-10-18(11-9-16)23-21(24)15-26-20-7-3-2-5-17(20)13-22-14-19-6-4-12-25-19/h2-12,22H,13-15H2,1H3,(H,23,24). The smallest absolute Gasteiger partial charge is 0.262 e. The van der Waals surface area contributed by atoms with E-state index >= 15 is 0 Å². The molecule has 3 aromatic rings. The highest BCUT2D eigenvalue weighted by atomic mass is 16.5. The van der Waals surface area contributed by atoms with Gasteiger partial charge in [0.25, 0.3) is 5.91 Å². The second kappa shape index (κ2) is 8.87. The molecule has 0 radical (unpaired) electrons. The first-order valence-corrected chi connectivity index (χ1v) is 8.51. The zero-order valence-electron chi connectivity index (χ0n) is 14.7. The minimum atomic E-state index is -0.188. The van der Waals surface area contributed by atoms with Crippen LogP contribution in [0.4, 0.5) is 5.69 Å². The number of para-hydroxylation sites is 1. The van der Waals surface area contributed by atoms with Crippen LogP contribution in [0.3, 0.4) is 0 Å². The predicted molar refractivity (Wildman–Crippen MR) is 101 cm³/mol. The molecule has 5 nitrogen and oxygen atoms in total. The fourth-order valence-electron chi connectivity index (χ4n) is 2.50. The third kappa shape index (κ3) is 5.22. The van der Waals surface area contributed by atoms with E-state index < -0.39 is 0 Å². The first kappa shape index (κ1) is 17.8. The van der Waals surface area contributed by atoms with Crippen molar-refractivity contribution in [2.24, 2.45) is 0 Å². The van der Waals surface area contributed by atoms with Crippen LogP contribution in [-0.4, -0.2) is 12.5 Å². The first-order valence-electron chi connectivity index (χ1n) is 8.51. The number of carbonyl (C=O) groups is 1. The van der Waals surface area contributed by atoms with Gasteiger partial charge in [-0.25, -0.2) is 0 Å². The monoisotopic (exact) mass is 350 g/mol. The van der Waals surface area contributed by atoms with Crippen LogP contribution in [0.2, 0.25) is 0 Å². The number of ether oxygens (including phenoxy) is 1. The summed E-state index contributed by atoms with van der Waals surface area (Å²) in [5, 5.41) is 6.13. The van der Waals surface area contributed by atoms with Crippen LogP contribution in [0.25, 0.3) is 0 Å². The first-order chi connectivity index (χ1) is 12.7. The van der Waals surface area contributed by atoms with E-state index in [-0.39, 0.29) is 12.5 Å². The van der Waals surface area contributed by atoms with Crippen molar-refractivity contribution in [3.05, 3.63) is 83.8 Å². The molecule has 0 saturated carbocycles. The molecule has 0 unspecified atom stereocenters. The van der Waals surface area contributed by atoms with Gasteiger partial charge in [-0.1, -0.05) is 35.9 Å². The van der Waals surface area contributed by atoms with Gasteiger partial charge < -0.3 is 19.8 Å². The van der Waals surface area contributed by atoms with Crippen LogP contribution in [0.15, 0.2) is 71.3 Å². The summed E-state index contributed by atoms with van der Waals surface area (Å²) in [6, 6.07) is 19.1. The fourth-order valence-corrected chi connectivity index (χ4v) is 2.50. The van der Waals surface area contributed by atoms with Gasteiger partial charge in [0.1, 0.15) is 11.5 Å². The van der Waals surface area contributed by atoms with Gasteiger partial charge in [0.2, 0.25) is 0 Å². The highest BCUT2D eigenvalue weighted by Crippen LogP contribution is 2.18. The number of rotatable bonds is 8. The number of nitrogens with one attached hydrogen (secondary N) is 2. The molecule has 5 heteroatoms. The maximum Gasteiger partial charge on any atom is 0.262 e. The molecule has 1 aromatic heterocycles. The summed E-state index contributed by atoms with van der Waals surface area (Å²) in [5.74, 6) is 1.38. The summed E-state index contributed by atoms with van der Waals surface area (Å²) >= 11 is 0. The van der Waals surface area contributed by atoms with Crippen LogP contribution in [0.5, 0.6) is 5.75 Å². The highest BCUT2D eigenvalue weighted by molar-refractivity contribution is 5.91. The number of carbonyl (C=O) groups excluding carboxylic acids is 1. The lowest BCUT2D eigenvalue weighted by atomic mass is 10.2. The van der Waals surface area contributed by atoms with E-state index in [4.69, 9.17) is 9.15 Å². The van der Waals surface area contributed by atoms with Crippen molar-refractivity contribution in [2.75, 3.05) is 11.9 Å². The second-order valence-electron chi connectivity index (χ2n) is 5.99. The normalized spacial score (nSPS) is 10.5. The SMILES string of the molecule is Cc1ccc(NC(=O)COc2ccccc2CNCc2ccco2)cc1. The molecule has 0 aliphatic carbocycles. The summed E-state index contributed by atoms with van der Waals surface area (Å²) in [7, 11) is 0. The Bertz CT molecular complexity index is 827. The lowest BCUT2D eigenvalue weighted by Gasteiger charge is -2.12. The van der Waals surface area contributed by atoms with Gasteiger partial charge in [-0.3, -0.25) is 4.79 Å². The van der Waals surface area contributed by atoms with E-state index in [1.54, 1.807) is 6.26 Å². The molecular weight excluding hydrogens is 328 g/mol. The number of hydrogen-bond acceptors (Lipinski definition) is 4. The molecule has 0 bridgehead atoms. The van der Waals surface area contributed by atoms with Crippen LogP contribution in [-0.2, 0) is 17.9 Å². The van der Waals surface area contributed by atoms with Gasteiger partial charge in [-0.2, -0.15) is 0 Å². The lowest BCUT2D eigenvalue weighted by Crippen LogP contribution is -2.21. The largest absolute Gasteiger partial charge is 0.483 e. The van der Waals surface area contributed by atoms with Crippen molar-refractivity contribution >= 4 is 11.6 Å². The summed E-state index contributed by atoms with van der Waals surface area (Å²) in [5.41, 5.74) is 2.90. The number of benzene rings is 2. The molecule has 0 atom stereocenters. The van der Waals surface area contributed by atoms with Crippen LogP contribution in [0.1, 0.15) is 16.9 Å². The number of anilines is 1. The Morgan fingerprint density at radius 3 is 2.58 bits per heavy atom. The quantitative estimate of drug-likeness (QED) is 0.647. The molecule has 134 valence electrons. The van der Waals surface area contributed by atoms with Crippen molar-refractivity contribution in [1.29, 1.82) is 0 Å². The molecule has 0 aliphatic heterocycles. The van der Waals surface area contributed by atoms with Gasteiger partial charge in [0.15, 0.2) is 6.61 Å². The topological polar surface area (TPSA) is 63.5 Å². The Balaban J connectivity index is 1.50. The van der Waals surface area contributed by atoms with E-state index in [0.29, 0.717) is 18.8 Å². The van der Waals surface area contributed by atoms with Crippen LogP contribution >= 0.6 is 0 Å². The van der Waals surface area contributed by atoms with Crippen LogP contribution < -0.4 is 15.4 Å². The highest BCUT2D eigenvalue weighted by Gasteiger charge is 2.07. The minimum Gasteiger partial charge on any atom is -0.483 e. The summed E-state index contributed by atoms with van der Waals surface area (Å²) < 4.78 is 11.0. The zero-order valence-corrected chi connectivity index (χ0v) is 14.7. The van der Waals surface area contributed by atoms with E-state index in [2.05, 4.69) is 10.6 Å². The van der Waals surface area contributed by atoms with E-state index in [1.807, 2.05) is 67.6 Å². The Morgan fingerprint density at radius 2 is 1.81 bits per heavy atom. The molecule has 1 heterocycles. The van der Waals surface area contributed by atoms with Crippen molar-refractivity contribution in [3.8, 4) is 5.75 Å². The molecule has 0 spiro atoms. The lowest BCUT2D eigenvalue weighted by molar-refractivity contribution is -0.118. The van der Waals surface area contributed by atoms with Gasteiger partial charge in [0.05, 0.1) is 12.8 Å². The Hall–Kier alpha value is -3.05. The number of hydrogen-bond donors (Lipinski definition) is 2. The number of amides is 1. The van der Waals surface area contributed by atoms with E-state index in [1.165, 1.54) is 0 Å². The Kier molecular flexibility index (Phi) is 6.06. The number of furan rings is 1.